The average Bonchev–Trinajstić information content (AvgIpc) is 1.59. The molecule has 1 aliphatic rings. The quantitative estimate of drug-likeness (QED) is 0.515. The van der Waals surface area contributed by atoms with Crippen molar-refractivity contribution in [2.45, 2.75) is 32.7 Å². The average molecular weight is 127 g/mol. The van der Waals surface area contributed by atoms with E-state index >= 15 is 0 Å². The molecule has 0 spiro atoms. The van der Waals surface area contributed by atoms with Gasteiger partial charge in [0.05, 0.1) is 0 Å². The molecule has 0 saturated carbocycles. The summed E-state index contributed by atoms with van der Waals surface area (Å²) in [6.45, 7) is 4.17. The lowest BCUT2D eigenvalue weighted by Gasteiger charge is -2.24. The molecule has 52 valence electrons. The first-order chi connectivity index (χ1) is 4.18. The molecular weight excluding hydrogens is 114 g/mol. The van der Waals surface area contributed by atoms with Crippen molar-refractivity contribution in [3.63, 3.8) is 0 Å². The summed E-state index contributed by atoms with van der Waals surface area (Å²) in [6, 6.07) is 0.390. The molecule has 2 atom stereocenters. The van der Waals surface area contributed by atoms with E-state index in [1.165, 1.54) is 0 Å². The Balaban J connectivity index is 2.43. The summed E-state index contributed by atoms with van der Waals surface area (Å²) in [6.07, 6.45) is 1.84. The molecule has 0 unspecified atom stereocenters. The molecule has 0 aromatic heterocycles. The first-order valence-corrected chi connectivity index (χ1v) is 3.48. The van der Waals surface area contributed by atoms with Gasteiger partial charge in [-0.15, -0.1) is 0 Å². The minimum atomic E-state index is 0.209. The van der Waals surface area contributed by atoms with E-state index < -0.39 is 0 Å². The van der Waals surface area contributed by atoms with Crippen LogP contribution in [-0.4, -0.2) is 11.9 Å². The summed E-state index contributed by atoms with van der Waals surface area (Å²) in [4.78, 5) is 10.8. The Kier molecular flexibility index (Phi) is 1.74. The lowest BCUT2D eigenvalue weighted by atomic mass is 9.95. The molecule has 1 fully saturated rings. The molecule has 0 radical (unpaired) electrons. The highest BCUT2D eigenvalue weighted by Gasteiger charge is 2.19. The van der Waals surface area contributed by atoms with Crippen molar-refractivity contribution in [3.05, 3.63) is 0 Å². The summed E-state index contributed by atoms with van der Waals surface area (Å²) in [7, 11) is 0. The van der Waals surface area contributed by atoms with Crippen molar-refractivity contribution in [3.8, 4) is 0 Å². The van der Waals surface area contributed by atoms with E-state index in [0.29, 0.717) is 18.4 Å². The van der Waals surface area contributed by atoms with Crippen molar-refractivity contribution >= 4 is 5.91 Å². The molecular formula is C7H13NO. The minimum Gasteiger partial charge on any atom is -0.354 e. The maximum absolute atomic E-state index is 10.8. The van der Waals surface area contributed by atoms with Crippen LogP contribution in [0.15, 0.2) is 0 Å². The Bertz CT molecular complexity index is 110. The maximum atomic E-state index is 10.8. The highest BCUT2D eigenvalue weighted by atomic mass is 16.1. The molecule has 0 aromatic rings. The van der Waals surface area contributed by atoms with Crippen molar-refractivity contribution in [2.24, 2.45) is 5.92 Å². The second-order valence-corrected chi connectivity index (χ2v) is 3.01. The van der Waals surface area contributed by atoms with Gasteiger partial charge >= 0.3 is 0 Å². The van der Waals surface area contributed by atoms with E-state index in [2.05, 4.69) is 12.2 Å². The van der Waals surface area contributed by atoms with Crippen LogP contribution >= 0.6 is 0 Å². The van der Waals surface area contributed by atoms with Crippen molar-refractivity contribution in [1.82, 2.24) is 5.32 Å². The Morgan fingerprint density at radius 2 is 2.22 bits per heavy atom. The van der Waals surface area contributed by atoms with Gasteiger partial charge in [0.25, 0.3) is 0 Å². The molecule has 0 aliphatic carbocycles. The third-order valence-corrected chi connectivity index (χ3v) is 1.70. The molecule has 2 heteroatoms. The Morgan fingerprint density at radius 1 is 1.56 bits per heavy atom. The van der Waals surface area contributed by atoms with Gasteiger partial charge in [-0.3, -0.25) is 4.79 Å². The molecule has 9 heavy (non-hydrogen) atoms. The Hall–Kier alpha value is -0.530. The SMILES string of the molecule is C[C@H]1CC(=O)N[C@H](C)C1. The van der Waals surface area contributed by atoms with E-state index in [4.69, 9.17) is 0 Å². The molecule has 0 aromatic carbocycles. The second-order valence-electron chi connectivity index (χ2n) is 3.01. The van der Waals surface area contributed by atoms with E-state index in [0.717, 1.165) is 6.42 Å². The highest BCUT2D eigenvalue weighted by molar-refractivity contribution is 5.77. The lowest BCUT2D eigenvalue weighted by molar-refractivity contribution is -0.124. The van der Waals surface area contributed by atoms with Crippen LogP contribution in [0.3, 0.4) is 0 Å². The predicted octanol–water partition coefficient (Wildman–Crippen LogP) is 0.921. The van der Waals surface area contributed by atoms with E-state index in [1.54, 1.807) is 0 Å². The molecule has 1 heterocycles. The van der Waals surface area contributed by atoms with Gasteiger partial charge < -0.3 is 5.32 Å². The fraction of sp³-hybridized carbons (Fsp3) is 0.857. The standard InChI is InChI=1S/C7H13NO/c1-5-3-6(2)8-7(9)4-5/h5-6H,3-4H2,1-2H3,(H,8,9)/t5-,6-/m1/s1. The van der Waals surface area contributed by atoms with Crippen molar-refractivity contribution < 1.29 is 4.79 Å². The number of nitrogens with one attached hydrogen (secondary N) is 1. The fourth-order valence-electron chi connectivity index (χ4n) is 1.40. The summed E-state index contributed by atoms with van der Waals surface area (Å²) >= 11 is 0. The normalized spacial score (nSPS) is 36.0. The van der Waals surface area contributed by atoms with Crippen LogP contribution in [0, 0.1) is 5.92 Å². The summed E-state index contributed by atoms with van der Waals surface area (Å²) in [5, 5.41) is 2.87. The number of amides is 1. The van der Waals surface area contributed by atoms with Crippen LogP contribution in [-0.2, 0) is 4.79 Å². The van der Waals surface area contributed by atoms with Crippen LogP contribution in [0.5, 0.6) is 0 Å². The number of rotatable bonds is 0. The van der Waals surface area contributed by atoms with Gasteiger partial charge in [0.1, 0.15) is 0 Å². The number of piperidine rings is 1. The summed E-state index contributed by atoms with van der Waals surface area (Å²) in [5.41, 5.74) is 0. The zero-order valence-corrected chi connectivity index (χ0v) is 5.98. The monoisotopic (exact) mass is 127 g/mol. The van der Waals surface area contributed by atoms with Crippen LogP contribution in [0.2, 0.25) is 0 Å². The molecule has 1 aliphatic heterocycles. The van der Waals surface area contributed by atoms with Gasteiger partial charge in [0, 0.05) is 12.5 Å². The van der Waals surface area contributed by atoms with E-state index in [-0.39, 0.29) is 5.91 Å². The van der Waals surface area contributed by atoms with Gasteiger partial charge in [0.2, 0.25) is 5.91 Å². The Labute approximate surface area is 55.6 Å². The summed E-state index contributed by atoms with van der Waals surface area (Å²) < 4.78 is 0. The predicted molar refractivity (Wildman–Crippen MR) is 36.0 cm³/mol. The number of carbonyl (C=O) groups excluding carboxylic acids is 1. The number of hydrogen-bond acceptors (Lipinski definition) is 1. The third-order valence-electron chi connectivity index (χ3n) is 1.70. The van der Waals surface area contributed by atoms with E-state index in [9.17, 15) is 4.79 Å². The third kappa shape index (κ3) is 1.70. The van der Waals surface area contributed by atoms with Gasteiger partial charge in [-0.25, -0.2) is 0 Å². The highest BCUT2D eigenvalue weighted by Crippen LogP contribution is 2.14. The zero-order valence-electron chi connectivity index (χ0n) is 5.98. The maximum Gasteiger partial charge on any atom is 0.220 e. The minimum absolute atomic E-state index is 0.209. The first-order valence-electron chi connectivity index (χ1n) is 3.48. The molecule has 1 amide bonds. The largest absolute Gasteiger partial charge is 0.354 e. The topological polar surface area (TPSA) is 29.1 Å². The molecule has 1 N–H and O–H groups in total. The lowest BCUT2D eigenvalue weighted by Crippen LogP contribution is -2.39. The first kappa shape index (κ1) is 6.59. The van der Waals surface area contributed by atoms with Gasteiger partial charge in [-0.05, 0) is 19.3 Å². The summed E-state index contributed by atoms with van der Waals surface area (Å²) in [5.74, 6) is 0.787. The van der Waals surface area contributed by atoms with Crippen molar-refractivity contribution in [1.29, 1.82) is 0 Å². The zero-order chi connectivity index (χ0) is 6.85. The van der Waals surface area contributed by atoms with Gasteiger partial charge in [-0.2, -0.15) is 0 Å². The van der Waals surface area contributed by atoms with Crippen LogP contribution < -0.4 is 5.32 Å². The Morgan fingerprint density at radius 3 is 2.67 bits per heavy atom. The smallest absolute Gasteiger partial charge is 0.220 e. The van der Waals surface area contributed by atoms with Crippen molar-refractivity contribution in [2.75, 3.05) is 0 Å². The van der Waals surface area contributed by atoms with Gasteiger partial charge in [-0.1, -0.05) is 6.92 Å². The van der Waals surface area contributed by atoms with Crippen LogP contribution in [0.4, 0.5) is 0 Å². The number of carbonyl (C=O) groups is 1. The van der Waals surface area contributed by atoms with Crippen LogP contribution in [0.25, 0.3) is 0 Å². The number of hydrogen-bond donors (Lipinski definition) is 1. The second kappa shape index (κ2) is 2.38. The molecule has 2 nitrogen and oxygen atoms in total. The van der Waals surface area contributed by atoms with Crippen LogP contribution in [0.1, 0.15) is 26.7 Å². The molecule has 1 saturated heterocycles. The van der Waals surface area contributed by atoms with E-state index in [1.807, 2.05) is 6.92 Å². The molecule has 0 bridgehead atoms. The van der Waals surface area contributed by atoms with Gasteiger partial charge in [0.15, 0.2) is 0 Å². The molecule has 1 rings (SSSR count). The fourth-order valence-corrected chi connectivity index (χ4v) is 1.40.